The molecular formula is C24H24N2O6. The standard InChI is InChI=1S/C24H24N2O6/c1-3-30-24(29)17-6-8-18(9-7-17)26-22(27)14-25-23(28)21-13-12-20(32-21)15-31-19-10-4-16(2)5-11-19/h4-13H,3,14-15H2,1-2H3,(H,25,28)(H,26,27). The molecule has 0 aliphatic heterocycles. The molecule has 0 aliphatic carbocycles. The van der Waals surface area contributed by atoms with Gasteiger partial charge >= 0.3 is 5.97 Å². The number of carbonyl (C=O) groups excluding carboxylic acids is 3. The second-order valence-corrected chi connectivity index (χ2v) is 6.90. The van der Waals surface area contributed by atoms with Crippen molar-refractivity contribution >= 4 is 23.5 Å². The number of aryl methyl sites for hydroxylation is 1. The van der Waals surface area contributed by atoms with Crippen molar-refractivity contribution in [1.29, 1.82) is 0 Å². The first-order chi connectivity index (χ1) is 15.4. The number of amides is 2. The van der Waals surface area contributed by atoms with E-state index in [1.165, 1.54) is 6.07 Å². The zero-order valence-electron chi connectivity index (χ0n) is 17.8. The summed E-state index contributed by atoms with van der Waals surface area (Å²) >= 11 is 0. The van der Waals surface area contributed by atoms with Gasteiger partial charge in [-0.2, -0.15) is 0 Å². The minimum absolute atomic E-state index is 0.0825. The second kappa shape index (κ2) is 10.8. The van der Waals surface area contributed by atoms with Crippen LogP contribution in [0, 0.1) is 6.92 Å². The number of benzene rings is 2. The molecule has 0 spiro atoms. The lowest BCUT2D eigenvalue weighted by atomic mass is 10.2. The largest absolute Gasteiger partial charge is 0.486 e. The number of esters is 1. The second-order valence-electron chi connectivity index (χ2n) is 6.90. The van der Waals surface area contributed by atoms with Crippen LogP contribution < -0.4 is 15.4 Å². The third-order valence-corrected chi connectivity index (χ3v) is 4.38. The summed E-state index contributed by atoms with van der Waals surface area (Å²) in [6, 6.07) is 17.0. The predicted molar refractivity (Wildman–Crippen MR) is 118 cm³/mol. The Morgan fingerprint density at radius 3 is 2.34 bits per heavy atom. The quantitative estimate of drug-likeness (QED) is 0.495. The summed E-state index contributed by atoms with van der Waals surface area (Å²) in [5, 5.41) is 5.14. The number of rotatable bonds is 9. The lowest BCUT2D eigenvalue weighted by molar-refractivity contribution is -0.115. The average Bonchev–Trinajstić information content (AvgIpc) is 3.27. The number of hydrogen-bond acceptors (Lipinski definition) is 6. The van der Waals surface area contributed by atoms with E-state index in [2.05, 4.69) is 10.6 Å². The lowest BCUT2D eigenvalue weighted by Gasteiger charge is -2.07. The van der Waals surface area contributed by atoms with Crippen LogP contribution in [0.4, 0.5) is 5.69 Å². The Morgan fingerprint density at radius 1 is 0.938 bits per heavy atom. The van der Waals surface area contributed by atoms with Crippen LogP contribution in [0.5, 0.6) is 5.75 Å². The van der Waals surface area contributed by atoms with Crippen molar-refractivity contribution in [3.8, 4) is 5.75 Å². The smallest absolute Gasteiger partial charge is 0.338 e. The highest BCUT2D eigenvalue weighted by Crippen LogP contribution is 2.15. The van der Waals surface area contributed by atoms with Gasteiger partial charge in [-0.3, -0.25) is 9.59 Å². The molecule has 3 rings (SSSR count). The molecular weight excluding hydrogens is 412 g/mol. The first-order valence-corrected chi connectivity index (χ1v) is 10.1. The maximum Gasteiger partial charge on any atom is 0.338 e. The summed E-state index contributed by atoms with van der Waals surface area (Å²) in [6.45, 7) is 3.94. The molecule has 1 heterocycles. The molecule has 0 atom stereocenters. The molecule has 0 saturated carbocycles. The molecule has 2 N–H and O–H groups in total. The highest BCUT2D eigenvalue weighted by atomic mass is 16.5. The molecule has 2 aromatic carbocycles. The molecule has 166 valence electrons. The number of nitrogens with one attached hydrogen (secondary N) is 2. The SMILES string of the molecule is CCOC(=O)c1ccc(NC(=O)CNC(=O)c2ccc(COc3ccc(C)cc3)o2)cc1. The molecule has 2 amide bonds. The monoisotopic (exact) mass is 436 g/mol. The summed E-state index contributed by atoms with van der Waals surface area (Å²) < 4.78 is 16.0. The number of ether oxygens (including phenoxy) is 2. The van der Waals surface area contributed by atoms with E-state index >= 15 is 0 Å². The van der Waals surface area contributed by atoms with Crippen molar-refractivity contribution in [3.05, 3.63) is 83.3 Å². The Kier molecular flexibility index (Phi) is 7.64. The van der Waals surface area contributed by atoms with E-state index in [1.54, 1.807) is 37.3 Å². The lowest BCUT2D eigenvalue weighted by Crippen LogP contribution is -2.32. The van der Waals surface area contributed by atoms with Gasteiger partial charge in [0.25, 0.3) is 5.91 Å². The van der Waals surface area contributed by atoms with E-state index in [9.17, 15) is 14.4 Å². The first kappa shape index (κ1) is 22.6. The third-order valence-electron chi connectivity index (χ3n) is 4.38. The van der Waals surface area contributed by atoms with Gasteiger partial charge in [0.2, 0.25) is 5.91 Å². The molecule has 8 nitrogen and oxygen atoms in total. The maximum atomic E-state index is 12.2. The van der Waals surface area contributed by atoms with Gasteiger partial charge in [0.05, 0.1) is 18.7 Å². The summed E-state index contributed by atoms with van der Waals surface area (Å²) in [7, 11) is 0. The van der Waals surface area contributed by atoms with Crippen LogP contribution in [-0.4, -0.2) is 30.9 Å². The fraction of sp³-hybridized carbons (Fsp3) is 0.208. The van der Waals surface area contributed by atoms with Crippen molar-refractivity contribution in [2.75, 3.05) is 18.5 Å². The molecule has 0 aliphatic rings. The minimum Gasteiger partial charge on any atom is -0.486 e. The topological polar surface area (TPSA) is 107 Å². The van der Waals surface area contributed by atoms with Crippen LogP contribution in [0.1, 0.15) is 39.2 Å². The fourth-order valence-corrected chi connectivity index (χ4v) is 2.72. The zero-order chi connectivity index (χ0) is 22.9. The zero-order valence-corrected chi connectivity index (χ0v) is 17.8. The summed E-state index contributed by atoms with van der Waals surface area (Å²) in [6.07, 6.45) is 0. The van der Waals surface area contributed by atoms with Gasteiger partial charge < -0.3 is 24.5 Å². The maximum absolute atomic E-state index is 12.2. The van der Waals surface area contributed by atoms with Crippen LogP contribution >= 0.6 is 0 Å². The Labute approximate surface area is 185 Å². The van der Waals surface area contributed by atoms with Gasteiger partial charge in [0, 0.05) is 5.69 Å². The third kappa shape index (κ3) is 6.46. The van der Waals surface area contributed by atoms with E-state index in [0.29, 0.717) is 22.8 Å². The molecule has 0 bridgehead atoms. The summed E-state index contributed by atoms with van der Waals surface area (Å²) in [4.78, 5) is 36.0. The molecule has 8 heteroatoms. The number of anilines is 1. The van der Waals surface area contributed by atoms with E-state index < -0.39 is 17.8 Å². The van der Waals surface area contributed by atoms with Crippen LogP contribution in [0.25, 0.3) is 0 Å². The normalized spacial score (nSPS) is 10.3. The highest BCUT2D eigenvalue weighted by molar-refractivity contribution is 5.98. The van der Waals surface area contributed by atoms with Gasteiger partial charge in [0.1, 0.15) is 18.1 Å². The minimum atomic E-state index is -0.514. The van der Waals surface area contributed by atoms with Crippen molar-refractivity contribution in [2.24, 2.45) is 0 Å². The van der Waals surface area contributed by atoms with Crippen LogP contribution in [0.3, 0.4) is 0 Å². The Morgan fingerprint density at radius 2 is 1.66 bits per heavy atom. The molecule has 0 unspecified atom stereocenters. The number of hydrogen-bond donors (Lipinski definition) is 2. The van der Waals surface area contributed by atoms with Gasteiger partial charge in [-0.1, -0.05) is 17.7 Å². The van der Waals surface area contributed by atoms with E-state index in [1.807, 2.05) is 31.2 Å². The Balaban J connectivity index is 1.44. The number of furan rings is 1. The van der Waals surface area contributed by atoms with Gasteiger partial charge in [-0.25, -0.2) is 4.79 Å². The molecule has 0 saturated heterocycles. The van der Waals surface area contributed by atoms with Crippen LogP contribution in [0.15, 0.2) is 65.1 Å². The first-order valence-electron chi connectivity index (χ1n) is 10.1. The van der Waals surface area contributed by atoms with Crippen molar-refractivity contribution < 1.29 is 28.3 Å². The Bertz CT molecular complexity index is 1070. The van der Waals surface area contributed by atoms with Crippen molar-refractivity contribution in [3.63, 3.8) is 0 Å². The fourth-order valence-electron chi connectivity index (χ4n) is 2.72. The molecule has 0 fully saturated rings. The summed E-state index contributed by atoms with van der Waals surface area (Å²) in [5.41, 5.74) is 2.01. The predicted octanol–water partition coefficient (Wildman–Crippen LogP) is 3.71. The van der Waals surface area contributed by atoms with Crippen molar-refractivity contribution in [2.45, 2.75) is 20.5 Å². The van der Waals surface area contributed by atoms with E-state index in [-0.39, 0.29) is 25.5 Å². The molecule has 0 radical (unpaired) electrons. The Hall–Kier alpha value is -4.07. The average molecular weight is 436 g/mol. The van der Waals surface area contributed by atoms with Crippen molar-refractivity contribution in [1.82, 2.24) is 5.32 Å². The van der Waals surface area contributed by atoms with E-state index in [4.69, 9.17) is 13.9 Å². The van der Waals surface area contributed by atoms with Gasteiger partial charge in [0.15, 0.2) is 5.76 Å². The van der Waals surface area contributed by atoms with Gasteiger partial charge in [-0.15, -0.1) is 0 Å². The summed E-state index contributed by atoms with van der Waals surface area (Å²) in [5.74, 6) is -0.0956. The van der Waals surface area contributed by atoms with Crippen LogP contribution in [-0.2, 0) is 16.1 Å². The molecule has 3 aromatic rings. The number of carbonyl (C=O) groups is 3. The highest BCUT2D eigenvalue weighted by Gasteiger charge is 2.13. The van der Waals surface area contributed by atoms with E-state index in [0.717, 1.165) is 5.56 Å². The molecule has 1 aromatic heterocycles. The van der Waals surface area contributed by atoms with Gasteiger partial charge in [-0.05, 0) is 62.4 Å². The van der Waals surface area contributed by atoms with Crippen LogP contribution in [0.2, 0.25) is 0 Å². The molecule has 32 heavy (non-hydrogen) atoms.